The topological polar surface area (TPSA) is 58.6 Å². The molecule has 0 amide bonds. The number of phosphoric acid groups is 1. The number of hydrogen-bond donors (Lipinski definition) is 0. The molecule has 0 spiro atoms. The van der Waals surface area contributed by atoms with Gasteiger partial charge in [0.1, 0.15) is 13.2 Å². The maximum atomic E-state index is 10.7. The van der Waals surface area contributed by atoms with Gasteiger partial charge in [0, 0.05) is 7.11 Å². The maximum Gasteiger partial charge on any atom is 0.267 e. The summed E-state index contributed by atoms with van der Waals surface area (Å²) in [6.07, 6.45) is 0. The minimum Gasteiger partial charge on any atom is -0.756 e. The molecule has 0 aliphatic heterocycles. The lowest BCUT2D eigenvalue weighted by molar-refractivity contribution is -0.888. The summed E-state index contributed by atoms with van der Waals surface area (Å²) in [5, 5.41) is 0. The van der Waals surface area contributed by atoms with Crippen LogP contribution in [0.1, 0.15) is 6.92 Å². The van der Waals surface area contributed by atoms with Gasteiger partial charge >= 0.3 is 0 Å². The molecular weight excluding hydrogens is 193 g/mol. The molecule has 0 fully saturated rings. The number of rotatable bonds is 6. The average molecular weight is 211 g/mol. The average Bonchev–Trinajstić information content (AvgIpc) is 2.04. The molecule has 0 bridgehead atoms. The molecule has 1 unspecified atom stereocenters. The van der Waals surface area contributed by atoms with Crippen molar-refractivity contribution in [2.45, 2.75) is 6.92 Å². The van der Waals surface area contributed by atoms with Crippen LogP contribution in [0.3, 0.4) is 0 Å². The number of likely N-dealkylation sites (N-methyl/N-ethyl adjacent to an activating group) is 1. The molecule has 0 rings (SSSR count). The van der Waals surface area contributed by atoms with Crippen molar-refractivity contribution in [1.29, 1.82) is 0 Å². The first kappa shape index (κ1) is 13.1. The third-order valence-corrected chi connectivity index (χ3v) is 2.97. The third-order valence-electron chi connectivity index (χ3n) is 2.03. The summed E-state index contributed by atoms with van der Waals surface area (Å²) in [5.74, 6) is 0. The van der Waals surface area contributed by atoms with E-state index in [1.54, 1.807) is 0 Å². The van der Waals surface area contributed by atoms with Crippen LogP contribution in [-0.4, -0.2) is 45.4 Å². The van der Waals surface area contributed by atoms with Crippen LogP contribution in [-0.2, 0) is 13.6 Å². The largest absolute Gasteiger partial charge is 0.756 e. The predicted molar refractivity (Wildman–Crippen MR) is 48.1 cm³/mol. The fraction of sp³-hybridized carbons (Fsp3) is 1.00. The van der Waals surface area contributed by atoms with Gasteiger partial charge < -0.3 is 18.4 Å². The fourth-order valence-corrected chi connectivity index (χ4v) is 1.02. The molecule has 0 saturated heterocycles. The van der Waals surface area contributed by atoms with Crippen LogP contribution in [0.25, 0.3) is 0 Å². The summed E-state index contributed by atoms with van der Waals surface area (Å²) in [7, 11) is 1.07. The Morgan fingerprint density at radius 2 is 2.00 bits per heavy atom. The standard InChI is InChI=1S/C7H18NO4P/c1-5-8(2,3)6-7-12-13(9,10)11-4/h5-7H2,1-4H3. The van der Waals surface area contributed by atoms with Crippen molar-refractivity contribution in [2.75, 3.05) is 40.9 Å². The minimum atomic E-state index is -4.03. The Morgan fingerprint density at radius 3 is 2.38 bits per heavy atom. The predicted octanol–water partition coefficient (Wildman–Crippen LogP) is 0.214. The van der Waals surface area contributed by atoms with Crippen LogP contribution in [0.4, 0.5) is 0 Å². The summed E-state index contributed by atoms with van der Waals surface area (Å²) in [6.45, 7) is 3.77. The highest BCUT2D eigenvalue weighted by atomic mass is 31.2. The van der Waals surface area contributed by atoms with Crippen molar-refractivity contribution in [3.63, 3.8) is 0 Å². The Hall–Kier alpha value is 0.0700. The van der Waals surface area contributed by atoms with Gasteiger partial charge in [0.05, 0.1) is 20.6 Å². The first-order valence-corrected chi connectivity index (χ1v) is 5.62. The van der Waals surface area contributed by atoms with Gasteiger partial charge in [-0.2, -0.15) is 0 Å². The Morgan fingerprint density at radius 1 is 1.46 bits per heavy atom. The molecule has 0 radical (unpaired) electrons. The molecule has 0 aromatic rings. The lowest BCUT2D eigenvalue weighted by atomic mass is 10.4. The normalized spacial score (nSPS) is 17.0. The molecule has 5 nitrogen and oxygen atoms in total. The summed E-state index contributed by atoms with van der Waals surface area (Å²) in [5.41, 5.74) is 0. The summed E-state index contributed by atoms with van der Waals surface area (Å²) >= 11 is 0. The van der Waals surface area contributed by atoms with Crippen LogP contribution < -0.4 is 4.89 Å². The van der Waals surface area contributed by atoms with E-state index in [0.717, 1.165) is 18.1 Å². The minimum absolute atomic E-state index is 0.162. The van der Waals surface area contributed by atoms with Gasteiger partial charge in [-0.05, 0) is 6.92 Å². The molecule has 0 saturated carbocycles. The molecular formula is C7H18NO4P. The van der Waals surface area contributed by atoms with Crippen LogP contribution in [0.5, 0.6) is 0 Å². The van der Waals surface area contributed by atoms with E-state index in [9.17, 15) is 9.46 Å². The van der Waals surface area contributed by atoms with E-state index in [2.05, 4.69) is 9.05 Å². The Balaban J connectivity index is 3.74. The highest BCUT2D eigenvalue weighted by Crippen LogP contribution is 2.36. The summed E-state index contributed by atoms with van der Waals surface area (Å²) < 4.78 is 20.2. The van der Waals surface area contributed by atoms with E-state index in [1.165, 1.54) is 0 Å². The van der Waals surface area contributed by atoms with E-state index >= 15 is 0 Å². The quantitative estimate of drug-likeness (QED) is 0.465. The SMILES string of the molecule is CC[N+](C)(C)CCOP(=O)([O-])OC. The van der Waals surface area contributed by atoms with Crippen molar-refractivity contribution in [1.82, 2.24) is 0 Å². The van der Waals surface area contributed by atoms with Crippen molar-refractivity contribution in [2.24, 2.45) is 0 Å². The smallest absolute Gasteiger partial charge is 0.267 e. The van der Waals surface area contributed by atoms with E-state index in [0.29, 0.717) is 6.54 Å². The third kappa shape index (κ3) is 6.18. The zero-order valence-electron chi connectivity index (χ0n) is 8.65. The van der Waals surface area contributed by atoms with Gasteiger partial charge in [0.25, 0.3) is 7.82 Å². The lowest BCUT2D eigenvalue weighted by Gasteiger charge is -2.29. The Kier molecular flexibility index (Phi) is 5.10. The first-order valence-electron chi connectivity index (χ1n) is 4.16. The van der Waals surface area contributed by atoms with Crippen LogP contribution >= 0.6 is 7.82 Å². The number of phosphoric ester groups is 1. The fourth-order valence-electron chi connectivity index (χ4n) is 0.611. The molecule has 80 valence electrons. The zero-order valence-corrected chi connectivity index (χ0v) is 9.54. The van der Waals surface area contributed by atoms with Crippen LogP contribution in [0.2, 0.25) is 0 Å². The second-order valence-corrected chi connectivity index (χ2v) is 4.96. The van der Waals surface area contributed by atoms with Gasteiger partial charge in [-0.15, -0.1) is 0 Å². The monoisotopic (exact) mass is 211 g/mol. The molecule has 0 aromatic carbocycles. The van der Waals surface area contributed by atoms with Crippen molar-refractivity contribution < 1.29 is 23.0 Å². The number of quaternary nitrogens is 1. The first-order chi connectivity index (χ1) is 5.83. The maximum absolute atomic E-state index is 10.7. The van der Waals surface area contributed by atoms with Crippen LogP contribution in [0, 0.1) is 0 Å². The molecule has 0 aliphatic rings. The van der Waals surface area contributed by atoms with E-state index in [-0.39, 0.29) is 6.61 Å². The highest BCUT2D eigenvalue weighted by Gasteiger charge is 2.13. The number of nitrogens with zero attached hydrogens (tertiary/aromatic N) is 1. The molecule has 0 N–H and O–H groups in total. The number of hydrogen-bond acceptors (Lipinski definition) is 4. The van der Waals surface area contributed by atoms with E-state index < -0.39 is 7.82 Å². The van der Waals surface area contributed by atoms with E-state index in [1.807, 2.05) is 21.0 Å². The van der Waals surface area contributed by atoms with Crippen molar-refractivity contribution in [3.8, 4) is 0 Å². The Labute approximate surface area is 79.5 Å². The second-order valence-electron chi connectivity index (χ2n) is 3.44. The van der Waals surface area contributed by atoms with Gasteiger partial charge in [0.15, 0.2) is 0 Å². The molecule has 13 heavy (non-hydrogen) atoms. The summed E-state index contributed by atoms with van der Waals surface area (Å²) in [4.78, 5) is 10.7. The van der Waals surface area contributed by atoms with Crippen molar-refractivity contribution >= 4 is 7.82 Å². The van der Waals surface area contributed by atoms with Gasteiger partial charge in [-0.25, -0.2) is 0 Å². The second kappa shape index (κ2) is 5.08. The lowest BCUT2D eigenvalue weighted by Crippen LogP contribution is -2.41. The van der Waals surface area contributed by atoms with Gasteiger partial charge in [0.2, 0.25) is 0 Å². The molecule has 0 aliphatic carbocycles. The van der Waals surface area contributed by atoms with Gasteiger partial charge in [-0.1, -0.05) is 0 Å². The molecule has 1 atom stereocenters. The van der Waals surface area contributed by atoms with Crippen molar-refractivity contribution in [3.05, 3.63) is 0 Å². The molecule has 0 aromatic heterocycles. The summed E-state index contributed by atoms with van der Waals surface area (Å²) in [6, 6.07) is 0. The Bertz CT molecular complexity index is 195. The zero-order chi connectivity index (χ0) is 10.5. The highest BCUT2D eigenvalue weighted by molar-refractivity contribution is 7.45. The molecule has 6 heteroatoms. The molecule has 0 heterocycles. The van der Waals surface area contributed by atoms with Crippen LogP contribution in [0.15, 0.2) is 0 Å². The van der Waals surface area contributed by atoms with E-state index in [4.69, 9.17) is 0 Å². The van der Waals surface area contributed by atoms with Gasteiger partial charge in [-0.3, -0.25) is 4.57 Å².